The van der Waals surface area contributed by atoms with Gasteiger partial charge in [0.15, 0.2) is 0 Å². The molecule has 0 aliphatic rings. The molecule has 0 aromatic rings. The Hall–Kier alpha value is -0.460. The molecular weight excluding hydrogens is 218 g/mol. The van der Waals surface area contributed by atoms with Crippen molar-refractivity contribution >= 4 is 36.1 Å². The van der Waals surface area contributed by atoms with Gasteiger partial charge in [-0.2, -0.15) is 0 Å². The third kappa shape index (κ3) is 7.89. The second-order valence-corrected chi connectivity index (χ2v) is 3.07. The number of nitrogens with two attached hydrogens (primary N) is 1. The molecule has 0 aromatic heterocycles. The van der Waals surface area contributed by atoms with Gasteiger partial charge in [0.05, 0.1) is 12.9 Å². The van der Waals surface area contributed by atoms with Gasteiger partial charge in [0.1, 0.15) is 6.04 Å². The average Bonchev–Trinajstić information content (AvgIpc) is 2.02. The Labute approximate surface area is 86.4 Å². The van der Waals surface area contributed by atoms with Crippen molar-refractivity contribution < 1.29 is 19.4 Å². The normalized spacial score (nSPS) is 11.2. The van der Waals surface area contributed by atoms with Crippen LogP contribution in [0.25, 0.3) is 0 Å². The van der Waals surface area contributed by atoms with E-state index in [0.29, 0.717) is 0 Å². The second kappa shape index (κ2) is 8.15. The first-order chi connectivity index (χ1) is 5.57. The van der Waals surface area contributed by atoms with Gasteiger partial charge in [0.2, 0.25) is 0 Å². The minimum atomic E-state index is -0.919. The third-order valence-electron chi connectivity index (χ3n) is 1.03. The molecule has 1 atom stereocenters. The molecular formula is C6H12ClNO4S. The van der Waals surface area contributed by atoms with Gasteiger partial charge in [-0.05, 0) is 0 Å². The smallest absolute Gasteiger partial charge is 0.323 e. The molecule has 1 unspecified atom stereocenters. The molecule has 3 N–H and O–H groups in total. The first-order valence-corrected chi connectivity index (χ1v) is 4.36. The van der Waals surface area contributed by atoms with Crippen molar-refractivity contribution in [3.8, 4) is 0 Å². The number of aliphatic carboxylic acids is 1. The quantitative estimate of drug-likeness (QED) is 0.631. The molecule has 0 amide bonds. The number of esters is 1. The van der Waals surface area contributed by atoms with Gasteiger partial charge in [-0.15, -0.1) is 24.2 Å². The molecule has 13 heavy (non-hydrogen) atoms. The number of carboxylic acids is 1. The average molecular weight is 230 g/mol. The Morgan fingerprint density at radius 2 is 2.15 bits per heavy atom. The summed E-state index contributed by atoms with van der Waals surface area (Å²) in [4.78, 5) is 20.7. The second-order valence-electron chi connectivity index (χ2n) is 2.04. The predicted octanol–water partition coefficient (Wildman–Crippen LogP) is -0.274. The zero-order valence-corrected chi connectivity index (χ0v) is 8.69. The van der Waals surface area contributed by atoms with Crippen LogP contribution in [0.4, 0.5) is 0 Å². The van der Waals surface area contributed by atoms with Crippen LogP contribution in [0, 0.1) is 0 Å². The fraction of sp³-hybridized carbons (Fsp3) is 0.667. The largest absolute Gasteiger partial charge is 0.481 e. The fourth-order valence-electron chi connectivity index (χ4n) is 0.493. The van der Waals surface area contributed by atoms with Crippen molar-refractivity contribution in [2.75, 3.05) is 18.6 Å². The summed E-state index contributed by atoms with van der Waals surface area (Å²) >= 11 is 1.09. The van der Waals surface area contributed by atoms with Crippen LogP contribution in [0.15, 0.2) is 0 Å². The molecule has 0 spiro atoms. The summed E-state index contributed by atoms with van der Waals surface area (Å²) in [5.41, 5.74) is 5.33. The number of hydrogen-bond donors (Lipinski definition) is 2. The lowest BCUT2D eigenvalue weighted by atomic mass is 10.4. The van der Waals surface area contributed by atoms with E-state index in [2.05, 4.69) is 4.74 Å². The summed E-state index contributed by atoms with van der Waals surface area (Å²) in [5, 5.41) is 8.24. The highest BCUT2D eigenvalue weighted by Crippen LogP contribution is 2.01. The first-order valence-electron chi connectivity index (χ1n) is 3.21. The van der Waals surface area contributed by atoms with Gasteiger partial charge in [-0.1, -0.05) is 0 Å². The summed E-state index contributed by atoms with van der Waals surface area (Å²) < 4.78 is 4.34. The van der Waals surface area contributed by atoms with Crippen LogP contribution in [-0.2, 0) is 14.3 Å². The van der Waals surface area contributed by atoms with Crippen molar-refractivity contribution in [1.82, 2.24) is 0 Å². The minimum absolute atomic E-state index is 0. The number of rotatable bonds is 5. The van der Waals surface area contributed by atoms with Gasteiger partial charge < -0.3 is 15.6 Å². The van der Waals surface area contributed by atoms with Crippen LogP contribution in [0.1, 0.15) is 0 Å². The Morgan fingerprint density at radius 3 is 2.54 bits per heavy atom. The van der Waals surface area contributed by atoms with Crippen molar-refractivity contribution in [3.63, 3.8) is 0 Å². The number of carboxylic acid groups (broad SMARTS) is 1. The molecule has 0 radical (unpaired) electrons. The SMILES string of the molecule is COC(=O)C(N)CSCC(=O)O.Cl. The number of thioether (sulfide) groups is 1. The number of carbonyl (C=O) groups is 2. The molecule has 0 rings (SSSR count). The van der Waals surface area contributed by atoms with Gasteiger partial charge in [0.25, 0.3) is 0 Å². The molecule has 0 saturated carbocycles. The number of hydrogen-bond acceptors (Lipinski definition) is 5. The zero-order chi connectivity index (χ0) is 9.56. The Bertz CT molecular complexity index is 178. The van der Waals surface area contributed by atoms with E-state index in [1.54, 1.807) is 0 Å². The standard InChI is InChI=1S/C6H11NO4S.ClH/c1-11-6(10)4(7)2-12-3-5(8)9;/h4H,2-3,7H2,1H3,(H,8,9);1H. The van der Waals surface area contributed by atoms with Crippen LogP contribution in [0.3, 0.4) is 0 Å². The minimum Gasteiger partial charge on any atom is -0.481 e. The molecule has 0 aromatic carbocycles. The highest BCUT2D eigenvalue weighted by Gasteiger charge is 2.13. The van der Waals surface area contributed by atoms with Crippen LogP contribution in [-0.4, -0.2) is 41.7 Å². The van der Waals surface area contributed by atoms with E-state index < -0.39 is 18.0 Å². The topological polar surface area (TPSA) is 89.6 Å². The summed E-state index contributed by atoms with van der Waals surface area (Å²) in [7, 11) is 1.24. The fourth-order valence-corrected chi connectivity index (χ4v) is 1.18. The summed E-state index contributed by atoms with van der Waals surface area (Å²) in [5.74, 6) is -1.23. The van der Waals surface area contributed by atoms with Gasteiger partial charge >= 0.3 is 11.9 Å². The number of carbonyl (C=O) groups excluding carboxylic acids is 1. The highest BCUT2D eigenvalue weighted by molar-refractivity contribution is 8.00. The van der Waals surface area contributed by atoms with E-state index in [1.807, 2.05) is 0 Å². The Kier molecular flexibility index (Phi) is 9.43. The molecule has 0 saturated heterocycles. The predicted molar refractivity (Wildman–Crippen MR) is 52.2 cm³/mol. The van der Waals surface area contributed by atoms with Crippen LogP contribution >= 0.6 is 24.2 Å². The van der Waals surface area contributed by atoms with Crippen LogP contribution in [0.5, 0.6) is 0 Å². The monoisotopic (exact) mass is 229 g/mol. The van der Waals surface area contributed by atoms with Gasteiger partial charge in [-0.3, -0.25) is 9.59 Å². The molecule has 78 valence electrons. The molecule has 5 nitrogen and oxygen atoms in total. The Morgan fingerprint density at radius 1 is 1.62 bits per heavy atom. The lowest BCUT2D eigenvalue weighted by Crippen LogP contribution is -2.34. The summed E-state index contributed by atoms with van der Waals surface area (Å²) in [6.45, 7) is 0. The molecule has 0 aliphatic carbocycles. The molecule has 7 heteroatoms. The number of ether oxygens (including phenoxy) is 1. The van der Waals surface area contributed by atoms with Crippen molar-refractivity contribution in [1.29, 1.82) is 0 Å². The van der Waals surface area contributed by atoms with Crippen molar-refractivity contribution in [2.24, 2.45) is 5.73 Å². The van der Waals surface area contributed by atoms with E-state index in [4.69, 9.17) is 10.8 Å². The van der Waals surface area contributed by atoms with Crippen molar-refractivity contribution in [2.45, 2.75) is 6.04 Å². The first kappa shape index (κ1) is 15.0. The lowest BCUT2D eigenvalue weighted by Gasteiger charge is -2.06. The summed E-state index contributed by atoms with van der Waals surface area (Å²) in [6, 6.07) is -0.737. The van der Waals surface area contributed by atoms with Gasteiger partial charge in [-0.25, -0.2) is 0 Å². The summed E-state index contributed by atoms with van der Waals surface area (Å²) in [6.07, 6.45) is 0. The maximum atomic E-state index is 10.7. The van der Waals surface area contributed by atoms with E-state index in [9.17, 15) is 9.59 Å². The van der Waals surface area contributed by atoms with Crippen LogP contribution < -0.4 is 5.73 Å². The lowest BCUT2D eigenvalue weighted by molar-refractivity contribution is -0.141. The molecule has 0 bridgehead atoms. The van der Waals surface area contributed by atoms with E-state index in [-0.39, 0.29) is 23.9 Å². The molecule has 0 aliphatic heterocycles. The van der Waals surface area contributed by atoms with Crippen LogP contribution in [0.2, 0.25) is 0 Å². The van der Waals surface area contributed by atoms with E-state index in [0.717, 1.165) is 11.8 Å². The maximum Gasteiger partial charge on any atom is 0.323 e. The zero-order valence-electron chi connectivity index (χ0n) is 7.06. The number of halogens is 1. The third-order valence-corrected chi connectivity index (χ3v) is 2.07. The van der Waals surface area contributed by atoms with Gasteiger partial charge in [0, 0.05) is 5.75 Å². The Balaban J connectivity index is 0. The molecule has 0 fully saturated rings. The van der Waals surface area contributed by atoms with E-state index >= 15 is 0 Å². The highest BCUT2D eigenvalue weighted by atomic mass is 35.5. The van der Waals surface area contributed by atoms with Crippen molar-refractivity contribution in [3.05, 3.63) is 0 Å². The number of methoxy groups -OCH3 is 1. The van der Waals surface area contributed by atoms with E-state index in [1.165, 1.54) is 7.11 Å². The maximum absolute atomic E-state index is 10.7. The molecule has 0 heterocycles.